The monoisotopic (exact) mass is 310 g/mol. The number of likely N-dealkylation sites (tertiary alicyclic amines) is 1. The van der Waals surface area contributed by atoms with Crippen LogP contribution in [0.5, 0.6) is 0 Å². The minimum absolute atomic E-state index is 0.0329. The summed E-state index contributed by atoms with van der Waals surface area (Å²) in [6.45, 7) is 7.58. The molecule has 5 heteroatoms. The number of rotatable bonds is 3. The fourth-order valence-electron chi connectivity index (χ4n) is 3.48. The number of carbonyl (C=O) groups is 2. The molecule has 2 amide bonds. The van der Waals surface area contributed by atoms with E-state index in [1.165, 1.54) is 0 Å². The summed E-state index contributed by atoms with van der Waals surface area (Å²) in [6.07, 6.45) is 4.32. The lowest BCUT2D eigenvalue weighted by Crippen LogP contribution is -2.49. The van der Waals surface area contributed by atoms with Gasteiger partial charge in [-0.15, -0.1) is 0 Å². The van der Waals surface area contributed by atoms with Crippen molar-refractivity contribution in [1.29, 1.82) is 0 Å². The molecule has 3 unspecified atom stereocenters. The van der Waals surface area contributed by atoms with E-state index in [1.807, 2.05) is 25.7 Å². The largest absolute Gasteiger partial charge is 0.393 e. The first-order valence-corrected chi connectivity index (χ1v) is 8.54. The van der Waals surface area contributed by atoms with Crippen molar-refractivity contribution >= 4 is 11.8 Å². The van der Waals surface area contributed by atoms with Crippen LogP contribution in [0, 0.1) is 17.3 Å². The van der Waals surface area contributed by atoms with Gasteiger partial charge < -0.3 is 15.3 Å². The lowest BCUT2D eigenvalue weighted by Gasteiger charge is -2.36. The molecule has 1 saturated heterocycles. The average molecular weight is 310 g/mol. The number of nitrogens with zero attached hydrogens (tertiary/aromatic N) is 1. The molecular weight excluding hydrogens is 280 g/mol. The van der Waals surface area contributed by atoms with Gasteiger partial charge in [0.1, 0.15) is 0 Å². The van der Waals surface area contributed by atoms with Gasteiger partial charge >= 0.3 is 0 Å². The minimum Gasteiger partial charge on any atom is -0.393 e. The summed E-state index contributed by atoms with van der Waals surface area (Å²) in [5.41, 5.74) is -0.397. The number of amides is 2. The van der Waals surface area contributed by atoms with Gasteiger partial charge in [-0.25, -0.2) is 0 Å². The van der Waals surface area contributed by atoms with Gasteiger partial charge in [0.2, 0.25) is 11.8 Å². The maximum Gasteiger partial charge on any atom is 0.227 e. The molecule has 3 atom stereocenters. The zero-order valence-electron chi connectivity index (χ0n) is 14.1. The smallest absolute Gasteiger partial charge is 0.227 e. The molecule has 2 rings (SSSR count). The fraction of sp³-hybridized carbons (Fsp3) is 0.882. The molecule has 0 bridgehead atoms. The fourth-order valence-corrected chi connectivity index (χ4v) is 3.48. The number of hydrogen-bond donors (Lipinski definition) is 2. The second-order valence-electron chi connectivity index (χ2n) is 7.84. The third-order valence-corrected chi connectivity index (χ3v) is 4.88. The third-order valence-electron chi connectivity index (χ3n) is 4.88. The van der Waals surface area contributed by atoms with Crippen LogP contribution in [0.25, 0.3) is 0 Å². The van der Waals surface area contributed by atoms with Crippen molar-refractivity contribution < 1.29 is 14.7 Å². The van der Waals surface area contributed by atoms with E-state index >= 15 is 0 Å². The first-order valence-electron chi connectivity index (χ1n) is 8.54. The first-order chi connectivity index (χ1) is 10.3. The first kappa shape index (κ1) is 17.3. The summed E-state index contributed by atoms with van der Waals surface area (Å²) in [5, 5.41) is 12.8. The molecule has 1 heterocycles. The standard InChI is InChI=1S/C17H30N2O3/c1-17(2,3)16(22)19-9-5-7-13(11-19)15(21)18-10-12-6-4-8-14(12)20/h12-14,20H,4-11H2,1-3H3,(H,18,21). The average Bonchev–Trinajstić information content (AvgIpc) is 2.88. The van der Waals surface area contributed by atoms with Crippen molar-refractivity contribution in [2.24, 2.45) is 17.3 Å². The van der Waals surface area contributed by atoms with Gasteiger partial charge in [0.25, 0.3) is 0 Å². The molecule has 1 aliphatic heterocycles. The van der Waals surface area contributed by atoms with Crippen molar-refractivity contribution in [3.05, 3.63) is 0 Å². The Hall–Kier alpha value is -1.10. The second-order valence-corrected chi connectivity index (χ2v) is 7.84. The van der Waals surface area contributed by atoms with Crippen LogP contribution in [0.4, 0.5) is 0 Å². The van der Waals surface area contributed by atoms with Crippen molar-refractivity contribution in [2.45, 2.75) is 59.0 Å². The van der Waals surface area contributed by atoms with E-state index in [0.717, 1.165) is 38.6 Å². The topological polar surface area (TPSA) is 69.6 Å². The molecular formula is C17H30N2O3. The zero-order valence-corrected chi connectivity index (χ0v) is 14.1. The number of aliphatic hydroxyl groups is 1. The Bertz CT molecular complexity index is 417. The molecule has 5 nitrogen and oxygen atoms in total. The Labute approximate surface area is 133 Å². The predicted octanol–water partition coefficient (Wildman–Crippen LogP) is 1.55. The Kier molecular flexibility index (Phi) is 5.48. The van der Waals surface area contributed by atoms with Crippen molar-refractivity contribution in [3.63, 3.8) is 0 Å². The molecule has 126 valence electrons. The number of piperidine rings is 1. The Morgan fingerprint density at radius 1 is 1.18 bits per heavy atom. The van der Waals surface area contributed by atoms with E-state index < -0.39 is 5.41 Å². The Balaban J connectivity index is 1.83. The van der Waals surface area contributed by atoms with Crippen LogP contribution in [0.15, 0.2) is 0 Å². The quantitative estimate of drug-likeness (QED) is 0.831. The van der Waals surface area contributed by atoms with Crippen LogP contribution in [-0.2, 0) is 9.59 Å². The van der Waals surface area contributed by atoms with Gasteiger partial charge in [0.05, 0.1) is 12.0 Å². The lowest BCUT2D eigenvalue weighted by atomic mass is 9.91. The van der Waals surface area contributed by atoms with Crippen LogP contribution in [-0.4, -0.2) is 47.6 Å². The van der Waals surface area contributed by atoms with Gasteiger partial charge in [0.15, 0.2) is 0 Å². The summed E-state index contributed by atoms with van der Waals surface area (Å²) in [6, 6.07) is 0. The molecule has 2 aliphatic rings. The van der Waals surface area contributed by atoms with E-state index in [9.17, 15) is 14.7 Å². The highest BCUT2D eigenvalue weighted by Gasteiger charge is 2.34. The van der Waals surface area contributed by atoms with Crippen LogP contribution in [0.1, 0.15) is 52.9 Å². The van der Waals surface area contributed by atoms with Gasteiger partial charge in [-0.3, -0.25) is 9.59 Å². The number of nitrogens with one attached hydrogen (secondary N) is 1. The summed E-state index contributed by atoms with van der Waals surface area (Å²) in [7, 11) is 0. The highest BCUT2D eigenvalue weighted by molar-refractivity contribution is 5.83. The highest BCUT2D eigenvalue weighted by atomic mass is 16.3. The second kappa shape index (κ2) is 6.99. The maximum absolute atomic E-state index is 12.4. The van der Waals surface area contributed by atoms with Crippen LogP contribution in [0.2, 0.25) is 0 Å². The molecule has 0 aromatic rings. The summed E-state index contributed by atoms with van der Waals surface area (Å²) in [4.78, 5) is 26.5. The van der Waals surface area contributed by atoms with Crippen LogP contribution >= 0.6 is 0 Å². The Morgan fingerprint density at radius 3 is 2.50 bits per heavy atom. The van der Waals surface area contributed by atoms with Crippen molar-refractivity contribution in [3.8, 4) is 0 Å². The molecule has 1 saturated carbocycles. The normalized spacial score (nSPS) is 29.5. The van der Waals surface area contributed by atoms with Crippen molar-refractivity contribution in [1.82, 2.24) is 10.2 Å². The van der Waals surface area contributed by atoms with E-state index in [-0.39, 0.29) is 29.8 Å². The minimum atomic E-state index is -0.397. The highest BCUT2D eigenvalue weighted by Crippen LogP contribution is 2.26. The molecule has 2 N–H and O–H groups in total. The molecule has 1 aliphatic carbocycles. The van der Waals surface area contributed by atoms with E-state index in [1.54, 1.807) is 0 Å². The zero-order chi connectivity index (χ0) is 16.3. The van der Waals surface area contributed by atoms with E-state index in [4.69, 9.17) is 0 Å². The number of hydrogen-bond acceptors (Lipinski definition) is 3. The van der Waals surface area contributed by atoms with Crippen molar-refractivity contribution in [2.75, 3.05) is 19.6 Å². The molecule has 0 radical (unpaired) electrons. The summed E-state index contributed by atoms with van der Waals surface area (Å²) >= 11 is 0. The summed E-state index contributed by atoms with van der Waals surface area (Å²) in [5.74, 6) is 0.236. The molecule has 2 fully saturated rings. The Morgan fingerprint density at radius 2 is 1.91 bits per heavy atom. The molecule has 22 heavy (non-hydrogen) atoms. The van der Waals surface area contributed by atoms with Gasteiger partial charge in [0, 0.05) is 31.0 Å². The van der Waals surface area contributed by atoms with E-state index in [0.29, 0.717) is 13.1 Å². The van der Waals surface area contributed by atoms with E-state index in [2.05, 4.69) is 5.32 Å². The molecule has 0 aromatic carbocycles. The maximum atomic E-state index is 12.4. The van der Waals surface area contributed by atoms with Gasteiger partial charge in [-0.2, -0.15) is 0 Å². The third kappa shape index (κ3) is 4.22. The molecule has 0 spiro atoms. The predicted molar refractivity (Wildman–Crippen MR) is 85.1 cm³/mol. The number of carbonyl (C=O) groups excluding carboxylic acids is 2. The SMILES string of the molecule is CC(C)(C)C(=O)N1CCCC(C(=O)NCC2CCCC2O)C1. The van der Waals surface area contributed by atoms with Crippen LogP contribution in [0.3, 0.4) is 0 Å². The number of aliphatic hydroxyl groups excluding tert-OH is 1. The summed E-state index contributed by atoms with van der Waals surface area (Å²) < 4.78 is 0. The van der Waals surface area contributed by atoms with Gasteiger partial charge in [-0.05, 0) is 25.7 Å². The lowest BCUT2D eigenvalue weighted by molar-refractivity contribution is -0.142. The van der Waals surface area contributed by atoms with Crippen LogP contribution < -0.4 is 5.32 Å². The molecule has 0 aromatic heterocycles. The van der Waals surface area contributed by atoms with Gasteiger partial charge in [-0.1, -0.05) is 27.2 Å².